The van der Waals surface area contributed by atoms with Gasteiger partial charge in [-0.2, -0.15) is 0 Å². The second-order valence-electron chi connectivity index (χ2n) is 3.00. The van der Waals surface area contributed by atoms with Crippen molar-refractivity contribution in [3.05, 3.63) is 11.9 Å². The molecule has 0 saturated carbocycles. The lowest BCUT2D eigenvalue weighted by molar-refractivity contribution is 0.264. The van der Waals surface area contributed by atoms with Gasteiger partial charge in [0, 0.05) is 19.6 Å². The average Bonchev–Trinajstić information content (AvgIpc) is 2.05. The zero-order valence-electron chi connectivity index (χ0n) is 6.27. The molecule has 1 saturated heterocycles. The number of hydrogen-bond donors (Lipinski definition) is 1. The minimum atomic E-state index is 1.17. The molecule has 2 aliphatic rings. The summed E-state index contributed by atoms with van der Waals surface area (Å²) in [4.78, 5) is 2.45. The number of fused-ring (bicyclic) bond motifs is 1. The van der Waals surface area contributed by atoms with Gasteiger partial charge in [0.15, 0.2) is 0 Å². The Hall–Kier alpha value is -0.660. The first-order valence-electron chi connectivity index (χ1n) is 4.16. The van der Waals surface area contributed by atoms with Crippen LogP contribution >= 0.6 is 0 Å². The molecule has 1 fully saturated rings. The highest BCUT2D eigenvalue weighted by Crippen LogP contribution is 2.15. The van der Waals surface area contributed by atoms with Crippen LogP contribution < -0.4 is 5.32 Å². The van der Waals surface area contributed by atoms with Crippen LogP contribution in [0.15, 0.2) is 11.9 Å². The average molecular weight is 138 g/mol. The third-order valence-electron chi connectivity index (χ3n) is 2.22. The maximum atomic E-state index is 3.41. The summed E-state index contributed by atoms with van der Waals surface area (Å²) in [6.45, 7) is 3.69. The molecule has 0 aromatic heterocycles. The molecule has 0 amide bonds. The topological polar surface area (TPSA) is 15.3 Å². The SMILES string of the molecule is C1=C2NCCCN2CCC1. The highest BCUT2D eigenvalue weighted by molar-refractivity contribution is 5.04. The zero-order valence-corrected chi connectivity index (χ0v) is 6.27. The van der Waals surface area contributed by atoms with E-state index in [0.29, 0.717) is 0 Å². The number of hydrogen-bond acceptors (Lipinski definition) is 2. The van der Waals surface area contributed by atoms with Crippen LogP contribution in [0.3, 0.4) is 0 Å². The Morgan fingerprint density at radius 3 is 3.10 bits per heavy atom. The van der Waals surface area contributed by atoms with E-state index in [2.05, 4.69) is 16.3 Å². The van der Waals surface area contributed by atoms with Crippen LogP contribution in [0.5, 0.6) is 0 Å². The van der Waals surface area contributed by atoms with Gasteiger partial charge in [0.05, 0.1) is 5.82 Å². The van der Waals surface area contributed by atoms with E-state index in [1.54, 1.807) is 0 Å². The maximum Gasteiger partial charge on any atom is 0.0971 e. The summed E-state index contributed by atoms with van der Waals surface area (Å²) in [5.74, 6) is 1.39. The molecule has 2 heteroatoms. The summed E-state index contributed by atoms with van der Waals surface area (Å²) < 4.78 is 0. The standard InChI is InChI=1S/C8H14N2/c1-2-6-10-7-3-5-9-8(10)4-1/h4,9H,1-3,5-7H2. The minimum absolute atomic E-state index is 1.17. The Bertz CT molecular complexity index is 151. The third kappa shape index (κ3) is 0.981. The van der Waals surface area contributed by atoms with Crippen molar-refractivity contribution in [1.82, 2.24) is 10.2 Å². The van der Waals surface area contributed by atoms with Crippen LogP contribution in [0.25, 0.3) is 0 Å². The molecule has 0 aromatic carbocycles. The fraction of sp³-hybridized carbons (Fsp3) is 0.750. The van der Waals surface area contributed by atoms with Crippen LogP contribution in [0.4, 0.5) is 0 Å². The highest BCUT2D eigenvalue weighted by atomic mass is 15.3. The van der Waals surface area contributed by atoms with E-state index in [9.17, 15) is 0 Å². The van der Waals surface area contributed by atoms with Crippen LogP contribution in [0.1, 0.15) is 19.3 Å². The van der Waals surface area contributed by atoms with Crippen LogP contribution in [-0.2, 0) is 0 Å². The second-order valence-corrected chi connectivity index (χ2v) is 3.00. The number of nitrogens with zero attached hydrogens (tertiary/aromatic N) is 1. The van der Waals surface area contributed by atoms with Crippen molar-refractivity contribution in [2.24, 2.45) is 0 Å². The molecule has 0 bridgehead atoms. The molecule has 0 aliphatic carbocycles. The zero-order chi connectivity index (χ0) is 6.81. The van der Waals surface area contributed by atoms with Crippen molar-refractivity contribution in [3.63, 3.8) is 0 Å². The molecule has 0 atom stereocenters. The maximum absolute atomic E-state index is 3.41. The van der Waals surface area contributed by atoms with E-state index in [0.717, 1.165) is 0 Å². The highest BCUT2D eigenvalue weighted by Gasteiger charge is 2.15. The summed E-state index contributed by atoms with van der Waals surface area (Å²) in [5.41, 5.74) is 0. The molecule has 1 N–H and O–H groups in total. The van der Waals surface area contributed by atoms with Crippen molar-refractivity contribution in [2.75, 3.05) is 19.6 Å². The lowest BCUT2D eigenvalue weighted by atomic mass is 10.1. The van der Waals surface area contributed by atoms with E-state index in [-0.39, 0.29) is 0 Å². The molecule has 2 aliphatic heterocycles. The molecular weight excluding hydrogens is 124 g/mol. The summed E-state index contributed by atoms with van der Waals surface area (Å²) in [7, 11) is 0. The van der Waals surface area contributed by atoms with Gasteiger partial charge in [-0.15, -0.1) is 0 Å². The first kappa shape index (κ1) is 6.08. The Morgan fingerprint density at radius 1 is 1.30 bits per heavy atom. The quantitative estimate of drug-likeness (QED) is 0.535. The Labute approximate surface area is 61.9 Å². The number of allylic oxidation sites excluding steroid dienone is 1. The van der Waals surface area contributed by atoms with E-state index in [1.807, 2.05) is 0 Å². The first-order valence-corrected chi connectivity index (χ1v) is 4.16. The van der Waals surface area contributed by atoms with E-state index < -0.39 is 0 Å². The summed E-state index contributed by atoms with van der Waals surface area (Å²) in [5, 5.41) is 3.41. The first-order chi connectivity index (χ1) is 4.97. The fourth-order valence-corrected chi connectivity index (χ4v) is 1.67. The van der Waals surface area contributed by atoms with E-state index >= 15 is 0 Å². The van der Waals surface area contributed by atoms with Crippen molar-refractivity contribution in [2.45, 2.75) is 19.3 Å². The normalized spacial score (nSPS) is 24.8. The molecule has 56 valence electrons. The largest absolute Gasteiger partial charge is 0.372 e. The van der Waals surface area contributed by atoms with Gasteiger partial charge in [-0.05, 0) is 25.3 Å². The smallest absolute Gasteiger partial charge is 0.0971 e. The monoisotopic (exact) mass is 138 g/mol. The third-order valence-corrected chi connectivity index (χ3v) is 2.22. The van der Waals surface area contributed by atoms with Crippen LogP contribution in [0, 0.1) is 0 Å². The predicted molar refractivity (Wildman–Crippen MR) is 41.5 cm³/mol. The number of nitrogens with one attached hydrogen (secondary N) is 1. The lowest BCUT2D eigenvalue weighted by Crippen LogP contribution is -2.41. The molecule has 0 aromatic rings. The molecule has 2 nitrogen and oxygen atoms in total. The van der Waals surface area contributed by atoms with Crippen LogP contribution in [0.2, 0.25) is 0 Å². The molecule has 10 heavy (non-hydrogen) atoms. The fourth-order valence-electron chi connectivity index (χ4n) is 1.67. The summed E-state index contributed by atoms with van der Waals surface area (Å²) >= 11 is 0. The number of rotatable bonds is 0. The van der Waals surface area contributed by atoms with Gasteiger partial charge in [-0.25, -0.2) is 0 Å². The molecule has 0 spiro atoms. The molecular formula is C8H14N2. The second kappa shape index (κ2) is 2.52. The van der Waals surface area contributed by atoms with Gasteiger partial charge in [0.1, 0.15) is 0 Å². The van der Waals surface area contributed by atoms with Gasteiger partial charge >= 0.3 is 0 Å². The Morgan fingerprint density at radius 2 is 2.20 bits per heavy atom. The van der Waals surface area contributed by atoms with Gasteiger partial charge in [0.2, 0.25) is 0 Å². The Kier molecular flexibility index (Phi) is 1.53. The van der Waals surface area contributed by atoms with Crippen LogP contribution in [-0.4, -0.2) is 24.5 Å². The molecule has 2 heterocycles. The molecule has 2 rings (SSSR count). The lowest BCUT2D eigenvalue weighted by Gasteiger charge is -2.35. The van der Waals surface area contributed by atoms with Crippen molar-refractivity contribution >= 4 is 0 Å². The summed E-state index contributed by atoms with van der Waals surface area (Å²) in [6.07, 6.45) is 6.23. The minimum Gasteiger partial charge on any atom is -0.372 e. The van der Waals surface area contributed by atoms with Gasteiger partial charge < -0.3 is 10.2 Å². The predicted octanol–water partition coefficient (Wildman–Crippen LogP) is 0.917. The van der Waals surface area contributed by atoms with Gasteiger partial charge in [-0.1, -0.05) is 0 Å². The Balaban J connectivity index is 2.08. The molecule has 0 radical (unpaired) electrons. The van der Waals surface area contributed by atoms with E-state index in [4.69, 9.17) is 0 Å². The van der Waals surface area contributed by atoms with Gasteiger partial charge in [0.25, 0.3) is 0 Å². The summed E-state index contributed by atoms with van der Waals surface area (Å²) in [6, 6.07) is 0. The van der Waals surface area contributed by atoms with E-state index in [1.165, 1.54) is 44.7 Å². The van der Waals surface area contributed by atoms with Gasteiger partial charge in [-0.3, -0.25) is 0 Å². The van der Waals surface area contributed by atoms with Crippen molar-refractivity contribution < 1.29 is 0 Å². The van der Waals surface area contributed by atoms with Crippen molar-refractivity contribution in [3.8, 4) is 0 Å². The van der Waals surface area contributed by atoms with Crippen molar-refractivity contribution in [1.29, 1.82) is 0 Å². The molecule has 0 unspecified atom stereocenters.